The molecule has 5 rings (SSSR count). The molecule has 3 aromatic heterocycles. The van der Waals surface area contributed by atoms with Crippen LogP contribution in [0.15, 0.2) is 49.1 Å². The third kappa shape index (κ3) is 3.54. The fraction of sp³-hybridized carbons (Fsp3) is 0.0952. The van der Waals surface area contributed by atoms with Gasteiger partial charge in [0.2, 0.25) is 0 Å². The maximum absolute atomic E-state index is 14.1. The molecule has 0 aliphatic rings. The van der Waals surface area contributed by atoms with E-state index in [1.54, 1.807) is 18.5 Å². The second-order valence-electron chi connectivity index (χ2n) is 6.88. The van der Waals surface area contributed by atoms with Crippen LogP contribution in [0.25, 0.3) is 33.5 Å². The first kappa shape index (κ1) is 19.6. The van der Waals surface area contributed by atoms with Gasteiger partial charge in [-0.15, -0.1) is 0 Å². The number of hydrogen-bond donors (Lipinski definition) is 2. The number of fused-ring (bicyclic) bond motifs is 2. The molecule has 2 aromatic carbocycles. The number of imidazole rings is 1. The van der Waals surface area contributed by atoms with Crippen LogP contribution in [0.1, 0.15) is 18.7 Å². The van der Waals surface area contributed by atoms with Gasteiger partial charge in [0, 0.05) is 5.56 Å². The number of aromatic amines is 1. The lowest BCUT2D eigenvalue weighted by Gasteiger charge is -2.19. The third-order valence-electron chi connectivity index (χ3n) is 4.84. The van der Waals surface area contributed by atoms with E-state index < -0.39 is 5.82 Å². The molecule has 0 unspecified atom stereocenters. The average Bonchev–Trinajstić information content (AvgIpc) is 3.25. The van der Waals surface area contributed by atoms with Crippen LogP contribution in [-0.2, 0) is 0 Å². The average molecular weight is 454 g/mol. The van der Waals surface area contributed by atoms with Gasteiger partial charge in [0.05, 0.1) is 39.3 Å². The van der Waals surface area contributed by atoms with Gasteiger partial charge in [-0.2, -0.15) is 0 Å². The molecule has 3 heterocycles. The van der Waals surface area contributed by atoms with Gasteiger partial charge in [-0.25, -0.2) is 29.3 Å². The number of aromatic nitrogens is 6. The van der Waals surface area contributed by atoms with E-state index in [4.69, 9.17) is 33.2 Å². The molecule has 31 heavy (non-hydrogen) atoms. The number of para-hydroxylation sites is 1. The number of anilines is 1. The van der Waals surface area contributed by atoms with Crippen molar-refractivity contribution in [2.24, 2.45) is 0 Å². The zero-order valence-electron chi connectivity index (χ0n) is 16.1. The first-order chi connectivity index (χ1) is 15.0. The number of rotatable bonds is 4. The number of nitrogens with zero attached hydrogens (tertiary/aromatic N) is 5. The van der Waals surface area contributed by atoms with Crippen molar-refractivity contribution in [3.8, 4) is 11.3 Å². The molecule has 0 amide bonds. The molecule has 10 heteroatoms. The summed E-state index contributed by atoms with van der Waals surface area (Å²) in [4.78, 5) is 25.1. The SMILES string of the molecule is C[C@@H](Nc1ncnc2nc[nH]c12)c1nc2cccc(Cl)c2nc1-c1cc(F)ccc1Cl. The molecular formula is C21H14Cl2FN7. The van der Waals surface area contributed by atoms with Gasteiger partial charge in [-0.1, -0.05) is 29.3 Å². The molecule has 0 radical (unpaired) electrons. The van der Waals surface area contributed by atoms with Crippen molar-refractivity contribution in [3.63, 3.8) is 0 Å². The molecule has 0 fully saturated rings. The molecule has 7 nitrogen and oxygen atoms in total. The van der Waals surface area contributed by atoms with Crippen LogP contribution in [0, 0.1) is 5.82 Å². The maximum atomic E-state index is 14.1. The van der Waals surface area contributed by atoms with Crippen molar-refractivity contribution in [3.05, 3.63) is 70.6 Å². The van der Waals surface area contributed by atoms with Gasteiger partial charge in [0.25, 0.3) is 0 Å². The minimum Gasteiger partial charge on any atom is -0.360 e. The number of H-pyrrole nitrogens is 1. The summed E-state index contributed by atoms with van der Waals surface area (Å²) in [7, 11) is 0. The second kappa shape index (κ2) is 7.72. The van der Waals surface area contributed by atoms with Gasteiger partial charge < -0.3 is 10.3 Å². The summed E-state index contributed by atoms with van der Waals surface area (Å²) in [5.74, 6) is 0.126. The van der Waals surface area contributed by atoms with Gasteiger partial charge in [-0.05, 0) is 37.3 Å². The van der Waals surface area contributed by atoms with Gasteiger partial charge >= 0.3 is 0 Å². The largest absolute Gasteiger partial charge is 0.360 e. The highest BCUT2D eigenvalue weighted by Crippen LogP contribution is 2.35. The third-order valence-corrected chi connectivity index (χ3v) is 5.48. The van der Waals surface area contributed by atoms with Gasteiger partial charge in [-0.3, -0.25) is 0 Å². The van der Waals surface area contributed by atoms with Crippen LogP contribution in [0.3, 0.4) is 0 Å². The fourth-order valence-electron chi connectivity index (χ4n) is 3.38. The number of hydrogen-bond acceptors (Lipinski definition) is 6. The summed E-state index contributed by atoms with van der Waals surface area (Å²) in [6, 6.07) is 9.10. The molecule has 1 atom stereocenters. The van der Waals surface area contributed by atoms with Crippen LogP contribution < -0.4 is 5.32 Å². The number of halogens is 3. The molecule has 154 valence electrons. The standard InChI is InChI=1S/C21H14Cl2FN7/c1-10(29-21-19-20(26-8-25-19)27-9-28-21)16-17(12-7-11(24)5-6-13(12)22)31-18-14(23)3-2-4-15(18)30-16/h2-10H,1H3,(H2,25,26,27,28,29)/t10-/m1/s1. The summed E-state index contributed by atoms with van der Waals surface area (Å²) in [6.07, 6.45) is 2.97. The number of nitrogens with one attached hydrogen (secondary N) is 2. The summed E-state index contributed by atoms with van der Waals surface area (Å²) in [5, 5.41) is 4.12. The maximum Gasteiger partial charge on any atom is 0.182 e. The number of benzene rings is 2. The molecule has 0 aliphatic carbocycles. The predicted molar refractivity (Wildman–Crippen MR) is 119 cm³/mol. The molecule has 0 spiro atoms. The molecule has 5 aromatic rings. The summed E-state index contributed by atoms with van der Waals surface area (Å²) < 4.78 is 14.1. The minimum atomic E-state index is -0.429. The Labute approximate surface area is 185 Å². The first-order valence-electron chi connectivity index (χ1n) is 9.33. The Morgan fingerprint density at radius 3 is 2.77 bits per heavy atom. The summed E-state index contributed by atoms with van der Waals surface area (Å²) in [5.41, 5.74) is 3.74. The zero-order chi connectivity index (χ0) is 21.5. The van der Waals surface area contributed by atoms with Crippen molar-refractivity contribution in [1.82, 2.24) is 29.9 Å². The minimum absolute atomic E-state index is 0.355. The monoisotopic (exact) mass is 453 g/mol. The predicted octanol–water partition coefficient (Wildman–Crippen LogP) is 5.58. The molecule has 0 bridgehead atoms. The topological polar surface area (TPSA) is 92.3 Å². The van der Waals surface area contributed by atoms with Crippen molar-refractivity contribution >= 4 is 51.2 Å². The Morgan fingerprint density at radius 1 is 1.03 bits per heavy atom. The van der Waals surface area contributed by atoms with Gasteiger partial charge in [0.15, 0.2) is 11.5 Å². The molecule has 0 aliphatic heterocycles. The van der Waals surface area contributed by atoms with E-state index in [9.17, 15) is 4.39 Å². The molecule has 0 saturated carbocycles. The highest BCUT2D eigenvalue weighted by molar-refractivity contribution is 6.35. The van der Waals surface area contributed by atoms with E-state index in [1.807, 2.05) is 13.0 Å². The van der Waals surface area contributed by atoms with Crippen molar-refractivity contribution in [2.45, 2.75) is 13.0 Å². The quantitative estimate of drug-likeness (QED) is 0.368. The van der Waals surface area contributed by atoms with Crippen molar-refractivity contribution in [2.75, 3.05) is 5.32 Å². The second-order valence-corrected chi connectivity index (χ2v) is 7.69. The molecular weight excluding hydrogens is 440 g/mol. The normalized spacial score (nSPS) is 12.4. The van der Waals surface area contributed by atoms with E-state index >= 15 is 0 Å². The van der Waals surface area contributed by atoms with E-state index in [2.05, 4.69) is 25.3 Å². The Kier molecular flexibility index (Phi) is 4.88. The van der Waals surface area contributed by atoms with Crippen molar-refractivity contribution in [1.29, 1.82) is 0 Å². The smallest absolute Gasteiger partial charge is 0.182 e. The lowest BCUT2D eigenvalue weighted by Crippen LogP contribution is -2.13. The Bertz CT molecular complexity index is 1440. The Balaban J connectivity index is 1.69. The van der Waals surface area contributed by atoms with Crippen molar-refractivity contribution < 1.29 is 4.39 Å². The fourth-order valence-corrected chi connectivity index (χ4v) is 3.80. The molecule has 0 saturated heterocycles. The van der Waals surface area contributed by atoms with Crippen LogP contribution >= 0.6 is 23.2 Å². The van der Waals surface area contributed by atoms with Crippen LogP contribution in [0.4, 0.5) is 10.2 Å². The molecule has 2 N–H and O–H groups in total. The van der Waals surface area contributed by atoms with E-state index in [-0.39, 0.29) is 6.04 Å². The van der Waals surface area contributed by atoms with Crippen LogP contribution in [0.5, 0.6) is 0 Å². The van der Waals surface area contributed by atoms with Crippen LogP contribution in [0.2, 0.25) is 10.0 Å². The highest BCUT2D eigenvalue weighted by Gasteiger charge is 2.21. The first-order valence-corrected chi connectivity index (χ1v) is 10.1. The van der Waals surface area contributed by atoms with Gasteiger partial charge in [0.1, 0.15) is 23.2 Å². The summed E-state index contributed by atoms with van der Waals surface area (Å²) >= 11 is 12.7. The van der Waals surface area contributed by atoms with E-state index in [1.165, 1.54) is 24.5 Å². The van der Waals surface area contributed by atoms with E-state index in [0.29, 0.717) is 55.0 Å². The Hall–Kier alpha value is -3.36. The Morgan fingerprint density at radius 2 is 1.90 bits per heavy atom. The van der Waals surface area contributed by atoms with E-state index in [0.717, 1.165) is 0 Å². The summed E-state index contributed by atoms with van der Waals surface area (Å²) in [6.45, 7) is 1.90. The highest BCUT2D eigenvalue weighted by atomic mass is 35.5. The lowest BCUT2D eigenvalue weighted by molar-refractivity contribution is 0.628. The lowest BCUT2D eigenvalue weighted by atomic mass is 10.0. The van der Waals surface area contributed by atoms with Crippen LogP contribution in [-0.4, -0.2) is 29.9 Å². The zero-order valence-corrected chi connectivity index (χ0v) is 17.6.